The molecule has 2 aromatic carbocycles. The van der Waals surface area contributed by atoms with Gasteiger partial charge in [-0.2, -0.15) is 0 Å². The number of amides is 3. The number of nitrogens with zero attached hydrogens (tertiary/aromatic N) is 1. The predicted molar refractivity (Wildman–Crippen MR) is 99.6 cm³/mol. The molecule has 2 N–H and O–H groups in total. The summed E-state index contributed by atoms with van der Waals surface area (Å²) in [6.07, 6.45) is 1.52. The molecule has 2 aliphatic heterocycles. The van der Waals surface area contributed by atoms with E-state index in [1.807, 2.05) is 36.4 Å². The van der Waals surface area contributed by atoms with E-state index < -0.39 is 5.41 Å². The van der Waals surface area contributed by atoms with Gasteiger partial charge in [-0.3, -0.25) is 4.79 Å². The second-order valence-corrected chi connectivity index (χ2v) is 6.74. The van der Waals surface area contributed by atoms with Gasteiger partial charge in [-0.15, -0.1) is 0 Å². The van der Waals surface area contributed by atoms with Gasteiger partial charge in [-0.1, -0.05) is 30.3 Å². The molecular weight excluding hydrogens is 330 g/mol. The highest BCUT2D eigenvalue weighted by atomic mass is 16.5. The lowest BCUT2D eigenvalue weighted by Gasteiger charge is -2.39. The quantitative estimate of drug-likeness (QED) is 0.873. The molecule has 2 heterocycles. The number of fused-ring (bicyclic) bond motifs is 2. The normalized spacial score (nSPS) is 21.3. The van der Waals surface area contributed by atoms with Crippen LogP contribution >= 0.6 is 0 Å². The molecule has 134 valence electrons. The SMILES string of the molecule is COc1ccccc1NC(=O)N1CCC[C@@]2(C1)C(=O)Nc1ccccc12. The van der Waals surface area contributed by atoms with E-state index in [9.17, 15) is 9.59 Å². The van der Waals surface area contributed by atoms with Crippen LogP contribution in [0.4, 0.5) is 16.2 Å². The van der Waals surface area contributed by atoms with Crippen molar-refractivity contribution < 1.29 is 14.3 Å². The molecule has 0 radical (unpaired) electrons. The smallest absolute Gasteiger partial charge is 0.321 e. The zero-order valence-corrected chi connectivity index (χ0v) is 14.6. The first kappa shape index (κ1) is 16.4. The Hall–Kier alpha value is -3.02. The monoisotopic (exact) mass is 351 g/mol. The second kappa shape index (κ2) is 6.37. The van der Waals surface area contributed by atoms with E-state index in [1.165, 1.54) is 0 Å². The number of nitrogens with one attached hydrogen (secondary N) is 2. The highest BCUT2D eigenvalue weighted by molar-refractivity contribution is 6.07. The van der Waals surface area contributed by atoms with Crippen molar-refractivity contribution >= 4 is 23.3 Å². The van der Waals surface area contributed by atoms with Crippen LogP contribution in [0.5, 0.6) is 5.75 Å². The van der Waals surface area contributed by atoms with Gasteiger partial charge in [0.05, 0.1) is 18.2 Å². The van der Waals surface area contributed by atoms with Crippen LogP contribution in [-0.4, -0.2) is 37.0 Å². The van der Waals surface area contributed by atoms with Gasteiger partial charge in [0.2, 0.25) is 5.91 Å². The maximum absolute atomic E-state index is 12.8. The summed E-state index contributed by atoms with van der Waals surface area (Å²) in [5.74, 6) is 0.588. The van der Waals surface area contributed by atoms with Gasteiger partial charge in [-0.05, 0) is 36.6 Å². The number of piperidine rings is 1. The molecule has 26 heavy (non-hydrogen) atoms. The third-order valence-electron chi connectivity index (χ3n) is 5.25. The van der Waals surface area contributed by atoms with Crippen molar-refractivity contribution in [2.45, 2.75) is 18.3 Å². The first-order valence-electron chi connectivity index (χ1n) is 8.74. The molecule has 4 rings (SSSR count). The minimum atomic E-state index is -0.660. The highest BCUT2D eigenvalue weighted by Crippen LogP contribution is 2.43. The fraction of sp³-hybridized carbons (Fsp3) is 0.300. The number of rotatable bonds is 2. The Morgan fingerprint density at radius 2 is 1.96 bits per heavy atom. The van der Waals surface area contributed by atoms with Crippen LogP contribution < -0.4 is 15.4 Å². The van der Waals surface area contributed by atoms with Crippen molar-refractivity contribution in [1.82, 2.24) is 4.90 Å². The molecule has 1 fully saturated rings. The van der Waals surface area contributed by atoms with Gasteiger partial charge in [0.25, 0.3) is 0 Å². The highest BCUT2D eigenvalue weighted by Gasteiger charge is 2.49. The third kappa shape index (κ3) is 2.58. The van der Waals surface area contributed by atoms with Gasteiger partial charge in [-0.25, -0.2) is 4.79 Å². The van der Waals surface area contributed by atoms with Gasteiger partial charge >= 0.3 is 6.03 Å². The number of carbonyl (C=O) groups excluding carboxylic acids is 2. The number of methoxy groups -OCH3 is 1. The lowest BCUT2D eigenvalue weighted by atomic mass is 9.75. The van der Waals surface area contributed by atoms with Gasteiger partial charge in [0, 0.05) is 18.8 Å². The van der Waals surface area contributed by atoms with Crippen LogP contribution in [0.1, 0.15) is 18.4 Å². The van der Waals surface area contributed by atoms with Crippen molar-refractivity contribution in [3.05, 3.63) is 54.1 Å². The summed E-state index contributed by atoms with van der Waals surface area (Å²) in [5, 5.41) is 5.87. The molecule has 0 unspecified atom stereocenters. The second-order valence-electron chi connectivity index (χ2n) is 6.74. The first-order chi connectivity index (χ1) is 12.6. The maximum Gasteiger partial charge on any atom is 0.321 e. The zero-order valence-electron chi connectivity index (χ0n) is 14.6. The van der Waals surface area contributed by atoms with E-state index in [2.05, 4.69) is 10.6 Å². The number of hydrogen-bond acceptors (Lipinski definition) is 3. The van der Waals surface area contributed by atoms with Gasteiger partial charge < -0.3 is 20.3 Å². The number of hydrogen-bond donors (Lipinski definition) is 2. The summed E-state index contributed by atoms with van der Waals surface area (Å²) < 4.78 is 5.29. The molecule has 6 nitrogen and oxygen atoms in total. The predicted octanol–water partition coefficient (Wildman–Crippen LogP) is 3.21. The van der Waals surface area contributed by atoms with Crippen LogP contribution in [0.15, 0.2) is 48.5 Å². The van der Waals surface area contributed by atoms with E-state index in [0.717, 1.165) is 24.1 Å². The van der Waals surface area contributed by atoms with Crippen LogP contribution in [0.2, 0.25) is 0 Å². The molecule has 2 aromatic rings. The Kier molecular flexibility index (Phi) is 4.03. The van der Waals surface area contributed by atoms with E-state index in [-0.39, 0.29) is 11.9 Å². The summed E-state index contributed by atoms with van der Waals surface area (Å²) >= 11 is 0. The van der Waals surface area contributed by atoms with Crippen molar-refractivity contribution in [2.75, 3.05) is 30.8 Å². The average Bonchev–Trinajstić information content (AvgIpc) is 2.94. The van der Waals surface area contributed by atoms with E-state index in [1.54, 1.807) is 24.1 Å². The molecule has 1 spiro atoms. The summed E-state index contributed by atoms with van der Waals surface area (Å²) in [5.41, 5.74) is 1.80. The van der Waals surface area contributed by atoms with Crippen molar-refractivity contribution in [2.24, 2.45) is 0 Å². The number of benzene rings is 2. The lowest BCUT2D eigenvalue weighted by Crippen LogP contribution is -2.52. The lowest BCUT2D eigenvalue weighted by molar-refractivity contribution is -0.122. The van der Waals surface area contributed by atoms with Crippen LogP contribution in [0.3, 0.4) is 0 Å². The summed E-state index contributed by atoms with van der Waals surface area (Å²) in [7, 11) is 1.57. The Balaban J connectivity index is 1.58. The maximum atomic E-state index is 12.8. The van der Waals surface area contributed by atoms with E-state index >= 15 is 0 Å². The summed E-state index contributed by atoms with van der Waals surface area (Å²) in [4.78, 5) is 27.3. The van der Waals surface area contributed by atoms with Gasteiger partial charge in [0.15, 0.2) is 0 Å². The van der Waals surface area contributed by atoms with E-state index in [4.69, 9.17) is 4.74 Å². The first-order valence-corrected chi connectivity index (χ1v) is 8.74. The summed E-state index contributed by atoms with van der Waals surface area (Å²) in [6, 6.07) is 14.8. The van der Waals surface area contributed by atoms with Crippen LogP contribution in [-0.2, 0) is 10.2 Å². The molecule has 0 saturated carbocycles. The fourth-order valence-electron chi connectivity index (χ4n) is 3.95. The molecule has 3 amide bonds. The number of anilines is 2. The largest absolute Gasteiger partial charge is 0.495 e. The number of urea groups is 1. The minimum absolute atomic E-state index is 0.0199. The molecular formula is C20H21N3O3. The number of carbonyl (C=O) groups is 2. The van der Waals surface area contributed by atoms with Crippen molar-refractivity contribution in [1.29, 1.82) is 0 Å². The summed E-state index contributed by atoms with van der Waals surface area (Å²) in [6.45, 7) is 0.995. The van der Waals surface area contributed by atoms with Crippen molar-refractivity contribution in [3.8, 4) is 5.75 Å². The molecule has 0 aromatic heterocycles. The Morgan fingerprint density at radius 3 is 2.81 bits per heavy atom. The molecule has 0 bridgehead atoms. The third-order valence-corrected chi connectivity index (χ3v) is 5.25. The number of para-hydroxylation sites is 3. The fourth-order valence-corrected chi connectivity index (χ4v) is 3.95. The Morgan fingerprint density at radius 1 is 1.19 bits per heavy atom. The standard InChI is InChI=1S/C20H21N3O3/c1-26-17-10-5-4-9-16(17)22-19(25)23-12-6-11-20(13-23)14-7-2-3-8-15(14)21-18(20)24/h2-5,7-10H,6,11-13H2,1H3,(H,21,24)(H,22,25)/t20-/m0/s1. The van der Waals surface area contributed by atoms with Crippen LogP contribution in [0, 0.1) is 0 Å². The van der Waals surface area contributed by atoms with Crippen LogP contribution in [0.25, 0.3) is 0 Å². The molecule has 1 atom stereocenters. The molecule has 2 aliphatic rings. The van der Waals surface area contributed by atoms with Gasteiger partial charge in [0.1, 0.15) is 5.75 Å². The number of likely N-dealkylation sites (tertiary alicyclic amines) is 1. The Bertz CT molecular complexity index is 867. The minimum Gasteiger partial charge on any atom is -0.495 e. The molecule has 1 saturated heterocycles. The number of ether oxygens (including phenoxy) is 1. The molecule has 6 heteroatoms. The molecule has 0 aliphatic carbocycles. The van der Waals surface area contributed by atoms with E-state index in [0.29, 0.717) is 24.5 Å². The zero-order chi connectivity index (χ0) is 18.1. The topological polar surface area (TPSA) is 70.7 Å². The Labute approximate surface area is 152 Å². The average molecular weight is 351 g/mol. The van der Waals surface area contributed by atoms with Crippen molar-refractivity contribution in [3.63, 3.8) is 0 Å².